The molecule has 3 amide bonds. The Morgan fingerprint density at radius 2 is 2.16 bits per heavy atom. The van der Waals surface area contributed by atoms with Crippen LogP contribution in [0.3, 0.4) is 0 Å². The van der Waals surface area contributed by atoms with Gasteiger partial charge in [-0.05, 0) is 24.1 Å². The Labute approximate surface area is 116 Å². The molecule has 0 saturated carbocycles. The molecule has 0 aliphatic carbocycles. The van der Waals surface area contributed by atoms with Crippen molar-refractivity contribution < 1.29 is 9.59 Å². The van der Waals surface area contributed by atoms with Gasteiger partial charge in [-0.15, -0.1) is 0 Å². The number of halogens is 1. The summed E-state index contributed by atoms with van der Waals surface area (Å²) in [6.45, 7) is 2.15. The van der Waals surface area contributed by atoms with Gasteiger partial charge in [0.15, 0.2) is 0 Å². The highest BCUT2D eigenvalue weighted by Gasteiger charge is 2.37. The van der Waals surface area contributed by atoms with Crippen molar-refractivity contribution in [3.63, 3.8) is 0 Å². The van der Waals surface area contributed by atoms with E-state index in [1.807, 2.05) is 6.92 Å². The molecule has 1 aliphatic heterocycles. The highest BCUT2D eigenvalue weighted by Crippen LogP contribution is 2.21. The van der Waals surface area contributed by atoms with Gasteiger partial charge in [-0.2, -0.15) is 0 Å². The Bertz CT molecular complexity index is 519. The smallest absolute Gasteiger partial charge is 0.325 e. The minimum absolute atomic E-state index is 0.174. The number of hydrogen-bond donors (Lipinski definition) is 2. The minimum Gasteiger partial charge on any atom is -0.398 e. The van der Waals surface area contributed by atoms with Gasteiger partial charge in [0.2, 0.25) is 0 Å². The number of rotatable bonds is 4. The molecular formula is C13H16ClN3O2. The molecule has 102 valence electrons. The molecule has 1 fully saturated rings. The summed E-state index contributed by atoms with van der Waals surface area (Å²) in [5, 5.41) is 3.21. The van der Waals surface area contributed by atoms with E-state index in [4.69, 9.17) is 17.3 Å². The average molecular weight is 282 g/mol. The predicted molar refractivity (Wildman–Crippen MR) is 73.6 cm³/mol. The van der Waals surface area contributed by atoms with Gasteiger partial charge < -0.3 is 11.1 Å². The number of carbonyl (C=O) groups is 2. The lowest BCUT2D eigenvalue weighted by atomic mass is 10.1. The first kappa shape index (κ1) is 13.7. The fourth-order valence-corrected chi connectivity index (χ4v) is 2.27. The molecule has 1 saturated heterocycles. The summed E-state index contributed by atoms with van der Waals surface area (Å²) in [6, 6.07) is 4.25. The number of imide groups is 1. The summed E-state index contributed by atoms with van der Waals surface area (Å²) < 4.78 is 0. The third kappa shape index (κ3) is 2.81. The molecular weight excluding hydrogens is 266 g/mol. The number of anilines is 1. The number of nitrogens with zero attached hydrogens (tertiary/aromatic N) is 1. The first-order valence-electron chi connectivity index (χ1n) is 6.18. The van der Waals surface area contributed by atoms with Gasteiger partial charge in [0.05, 0.1) is 6.54 Å². The van der Waals surface area contributed by atoms with Crippen LogP contribution in [0.15, 0.2) is 18.2 Å². The first-order valence-corrected chi connectivity index (χ1v) is 6.56. The molecule has 1 heterocycles. The quantitative estimate of drug-likeness (QED) is 0.656. The van der Waals surface area contributed by atoms with Crippen LogP contribution in [0.2, 0.25) is 5.02 Å². The number of hydrogen-bond acceptors (Lipinski definition) is 3. The summed E-state index contributed by atoms with van der Waals surface area (Å²) in [7, 11) is 0. The Morgan fingerprint density at radius 1 is 1.42 bits per heavy atom. The molecule has 0 radical (unpaired) electrons. The molecule has 0 aromatic heterocycles. The maximum absolute atomic E-state index is 12.1. The summed E-state index contributed by atoms with van der Waals surface area (Å²) >= 11 is 5.82. The van der Waals surface area contributed by atoms with Gasteiger partial charge >= 0.3 is 6.03 Å². The maximum atomic E-state index is 12.1. The van der Waals surface area contributed by atoms with Gasteiger partial charge in [0.25, 0.3) is 5.91 Å². The van der Waals surface area contributed by atoms with Crippen LogP contribution in [0.4, 0.5) is 10.5 Å². The number of nitrogen functional groups attached to an aromatic ring is 1. The Morgan fingerprint density at radius 3 is 2.79 bits per heavy atom. The van der Waals surface area contributed by atoms with Crippen LogP contribution >= 0.6 is 11.6 Å². The van der Waals surface area contributed by atoms with Crippen LogP contribution in [0.1, 0.15) is 25.3 Å². The zero-order chi connectivity index (χ0) is 14.0. The van der Waals surface area contributed by atoms with Crippen molar-refractivity contribution in [1.82, 2.24) is 10.2 Å². The van der Waals surface area contributed by atoms with Crippen molar-refractivity contribution >= 4 is 29.2 Å². The molecule has 0 bridgehead atoms. The SMILES string of the molecule is CCCC1NC(=O)N(Cc2ccc(Cl)cc2N)C1=O. The fraction of sp³-hybridized carbons (Fsp3) is 0.385. The van der Waals surface area contributed by atoms with Crippen molar-refractivity contribution in [3.8, 4) is 0 Å². The molecule has 1 unspecified atom stereocenters. The van der Waals surface area contributed by atoms with Crippen LogP contribution in [0.25, 0.3) is 0 Å². The third-order valence-corrected chi connectivity index (χ3v) is 3.36. The van der Waals surface area contributed by atoms with E-state index in [2.05, 4.69) is 5.32 Å². The van der Waals surface area contributed by atoms with Crippen molar-refractivity contribution in [2.45, 2.75) is 32.4 Å². The normalized spacial score (nSPS) is 18.8. The Kier molecular flexibility index (Phi) is 3.95. The van der Waals surface area contributed by atoms with E-state index >= 15 is 0 Å². The molecule has 1 atom stereocenters. The maximum Gasteiger partial charge on any atom is 0.325 e. The topological polar surface area (TPSA) is 75.4 Å². The number of carbonyl (C=O) groups excluding carboxylic acids is 2. The average Bonchev–Trinajstić information content (AvgIpc) is 2.60. The summed E-state index contributed by atoms with van der Waals surface area (Å²) in [5.41, 5.74) is 7.02. The van der Waals surface area contributed by atoms with Crippen LogP contribution in [0, 0.1) is 0 Å². The second-order valence-corrected chi connectivity index (χ2v) is 4.99. The van der Waals surface area contributed by atoms with Crippen LogP contribution in [-0.4, -0.2) is 22.9 Å². The largest absolute Gasteiger partial charge is 0.398 e. The minimum atomic E-state index is -0.411. The lowest BCUT2D eigenvalue weighted by Gasteiger charge is -2.14. The van der Waals surface area contributed by atoms with Crippen molar-refractivity contribution in [3.05, 3.63) is 28.8 Å². The molecule has 6 heteroatoms. The summed E-state index contributed by atoms with van der Waals surface area (Å²) in [6.07, 6.45) is 1.49. The van der Waals surface area contributed by atoms with E-state index in [0.29, 0.717) is 22.7 Å². The highest BCUT2D eigenvalue weighted by atomic mass is 35.5. The lowest BCUT2D eigenvalue weighted by molar-refractivity contribution is -0.128. The molecule has 19 heavy (non-hydrogen) atoms. The molecule has 1 aromatic carbocycles. The van der Waals surface area contributed by atoms with Crippen LogP contribution < -0.4 is 11.1 Å². The van der Waals surface area contributed by atoms with E-state index in [0.717, 1.165) is 6.42 Å². The highest BCUT2D eigenvalue weighted by molar-refractivity contribution is 6.30. The van der Waals surface area contributed by atoms with Gasteiger partial charge in [-0.25, -0.2) is 4.79 Å². The van der Waals surface area contributed by atoms with Gasteiger partial charge in [-0.1, -0.05) is 31.0 Å². The number of nitrogens with two attached hydrogens (primary N) is 1. The van der Waals surface area contributed by atoms with E-state index in [-0.39, 0.29) is 18.5 Å². The number of benzene rings is 1. The number of amides is 3. The van der Waals surface area contributed by atoms with E-state index in [9.17, 15) is 9.59 Å². The number of nitrogens with one attached hydrogen (secondary N) is 1. The monoisotopic (exact) mass is 281 g/mol. The molecule has 5 nitrogen and oxygen atoms in total. The van der Waals surface area contributed by atoms with Gasteiger partial charge in [0.1, 0.15) is 6.04 Å². The molecule has 1 aromatic rings. The molecule has 1 aliphatic rings. The van der Waals surface area contributed by atoms with Crippen molar-refractivity contribution in [2.24, 2.45) is 0 Å². The first-order chi connectivity index (χ1) is 9.02. The van der Waals surface area contributed by atoms with E-state index in [1.165, 1.54) is 4.90 Å². The van der Waals surface area contributed by atoms with Gasteiger partial charge in [-0.3, -0.25) is 9.69 Å². The zero-order valence-corrected chi connectivity index (χ0v) is 11.4. The number of urea groups is 1. The zero-order valence-electron chi connectivity index (χ0n) is 10.6. The summed E-state index contributed by atoms with van der Waals surface area (Å²) in [5.74, 6) is -0.193. The second-order valence-electron chi connectivity index (χ2n) is 4.56. The fourth-order valence-electron chi connectivity index (χ4n) is 2.09. The third-order valence-electron chi connectivity index (χ3n) is 3.12. The molecule has 3 N–H and O–H groups in total. The lowest BCUT2D eigenvalue weighted by Crippen LogP contribution is -2.31. The summed E-state index contributed by atoms with van der Waals surface area (Å²) in [4.78, 5) is 25.0. The van der Waals surface area contributed by atoms with Crippen LogP contribution in [-0.2, 0) is 11.3 Å². The van der Waals surface area contributed by atoms with Crippen molar-refractivity contribution in [1.29, 1.82) is 0 Å². The van der Waals surface area contributed by atoms with E-state index in [1.54, 1.807) is 18.2 Å². The standard InChI is InChI=1S/C13H16ClN3O2/c1-2-3-11-12(18)17(13(19)16-11)7-8-4-5-9(14)6-10(8)15/h4-6,11H,2-3,7,15H2,1H3,(H,16,19). The molecule has 0 spiro atoms. The Hall–Kier alpha value is -1.75. The van der Waals surface area contributed by atoms with Crippen LogP contribution in [0.5, 0.6) is 0 Å². The van der Waals surface area contributed by atoms with E-state index < -0.39 is 6.04 Å². The predicted octanol–water partition coefficient (Wildman–Crippen LogP) is 2.14. The van der Waals surface area contributed by atoms with Gasteiger partial charge in [0, 0.05) is 10.7 Å². The molecule has 2 rings (SSSR count). The van der Waals surface area contributed by atoms with Crippen molar-refractivity contribution in [2.75, 3.05) is 5.73 Å². The Balaban J connectivity index is 2.14. The second kappa shape index (κ2) is 5.48.